The summed E-state index contributed by atoms with van der Waals surface area (Å²) in [4.78, 5) is -0.575. The summed E-state index contributed by atoms with van der Waals surface area (Å²) in [6.07, 6.45) is -3.39. The summed E-state index contributed by atoms with van der Waals surface area (Å²) in [5, 5.41) is 7.87. The molecule has 0 bridgehead atoms. The Morgan fingerprint density at radius 2 is 1.71 bits per heavy atom. The Hall–Kier alpha value is -2.10. The molecule has 9 heteroatoms. The maximum Gasteiger partial charge on any atom is 0.418 e. The van der Waals surface area contributed by atoms with Gasteiger partial charge >= 0.3 is 6.18 Å². The van der Waals surface area contributed by atoms with Gasteiger partial charge in [0.05, 0.1) is 10.5 Å². The minimum absolute atomic E-state index is 0.179. The molecule has 0 atom stereocenters. The van der Waals surface area contributed by atoms with E-state index in [4.69, 9.17) is 9.88 Å². The number of benzene rings is 2. The summed E-state index contributed by atoms with van der Waals surface area (Å²) in [7, 11) is -4.24. The van der Waals surface area contributed by atoms with Crippen LogP contribution >= 0.6 is 0 Å². The number of nitrogens with two attached hydrogens (primary N) is 1. The van der Waals surface area contributed by atoms with Crippen LogP contribution < -0.4 is 10.5 Å². The largest absolute Gasteiger partial charge is 0.418 e. The fourth-order valence-electron chi connectivity index (χ4n) is 3.47. The normalized spacial score (nSPS) is 17.3. The van der Waals surface area contributed by atoms with Gasteiger partial charge in [-0.2, -0.15) is 13.2 Å². The molecule has 0 unspecified atom stereocenters. The second-order valence-corrected chi connectivity index (χ2v) is 8.42. The Kier molecular flexibility index (Phi) is 5.69. The van der Waals surface area contributed by atoms with Crippen molar-refractivity contribution >= 4 is 15.7 Å². The van der Waals surface area contributed by atoms with Gasteiger partial charge in [-0.15, -0.1) is 0 Å². The van der Waals surface area contributed by atoms with E-state index >= 15 is 0 Å². The van der Waals surface area contributed by atoms with Crippen molar-refractivity contribution in [2.75, 3.05) is 25.1 Å². The number of rotatable bonds is 5. The van der Waals surface area contributed by atoms with Gasteiger partial charge in [-0.3, -0.25) is 0 Å². The summed E-state index contributed by atoms with van der Waals surface area (Å²) in [6, 6.07) is 12.4. The minimum atomic E-state index is -4.72. The maximum atomic E-state index is 13.5. The third kappa shape index (κ3) is 4.48. The van der Waals surface area contributed by atoms with Crippen molar-refractivity contribution in [2.24, 2.45) is 5.14 Å². The van der Waals surface area contributed by atoms with Crippen molar-refractivity contribution in [1.29, 1.82) is 0 Å². The van der Waals surface area contributed by atoms with Crippen LogP contribution in [-0.2, 0) is 26.4 Å². The zero-order valence-corrected chi connectivity index (χ0v) is 15.8. The van der Waals surface area contributed by atoms with Gasteiger partial charge in [-0.1, -0.05) is 30.3 Å². The molecule has 0 spiro atoms. The zero-order chi connectivity index (χ0) is 20.4. The number of hydrogen-bond donors (Lipinski definition) is 2. The van der Waals surface area contributed by atoms with Crippen LogP contribution in [0.3, 0.4) is 0 Å². The van der Waals surface area contributed by atoms with Gasteiger partial charge in [-0.25, -0.2) is 13.6 Å². The van der Waals surface area contributed by atoms with Crippen molar-refractivity contribution < 1.29 is 26.3 Å². The Morgan fingerprint density at radius 3 is 2.29 bits per heavy atom. The van der Waals surface area contributed by atoms with Crippen molar-refractivity contribution in [3.05, 3.63) is 59.7 Å². The van der Waals surface area contributed by atoms with Crippen LogP contribution in [0.5, 0.6) is 0 Å². The fraction of sp³-hybridized carbons (Fsp3) is 0.368. The second kappa shape index (κ2) is 7.73. The third-order valence-corrected chi connectivity index (χ3v) is 5.99. The lowest BCUT2D eigenvalue weighted by Crippen LogP contribution is -2.40. The number of hydrogen-bond acceptors (Lipinski definition) is 4. The molecule has 28 heavy (non-hydrogen) atoms. The van der Waals surface area contributed by atoms with Crippen LogP contribution in [0.1, 0.15) is 24.0 Å². The molecule has 3 N–H and O–H groups in total. The average molecular weight is 414 g/mol. The fourth-order valence-corrected chi connectivity index (χ4v) is 4.01. The summed E-state index contributed by atoms with van der Waals surface area (Å²) < 4.78 is 68.8. The quantitative estimate of drug-likeness (QED) is 0.785. The van der Waals surface area contributed by atoms with Crippen LogP contribution in [0.4, 0.5) is 18.9 Å². The highest BCUT2D eigenvalue weighted by molar-refractivity contribution is 7.89. The van der Waals surface area contributed by atoms with Gasteiger partial charge in [0.15, 0.2) is 0 Å². The van der Waals surface area contributed by atoms with Crippen LogP contribution in [0.25, 0.3) is 0 Å². The van der Waals surface area contributed by atoms with E-state index in [1.807, 2.05) is 30.3 Å². The number of anilines is 1. The number of nitrogens with one attached hydrogen (secondary N) is 1. The van der Waals surface area contributed by atoms with Gasteiger partial charge in [0.2, 0.25) is 10.0 Å². The van der Waals surface area contributed by atoms with Crippen molar-refractivity contribution in [3.63, 3.8) is 0 Å². The van der Waals surface area contributed by atoms with E-state index < -0.39 is 26.7 Å². The predicted molar refractivity (Wildman–Crippen MR) is 99.5 cm³/mol. The van der Waals surface area contributed by atoms with Crippen molar-refractivity contribution in [3.8, 4) is 0 Å². The number of ether oxygens (including phenoxy) is 1. The smallest absolute Gasteiger partial charge is 0.384 e. The first-order valence-corrected chi connectivity index (χ1v) is 10.3. The number of sulfonamides is 1. The first-order chi connectivity index (χ1) is 13.1. The molecule has 0 aliphatic carbocycles. The molecule has 0 radical (unpaired) electrons. The van der Waals surface area contributed by atoms with E-state index in [0.717, 1.165) is 17.7 Å². The molecule has 1 fully saturated rings. The Labute approximate surface area is 161 Å². The molecule has 1 aliphatic heterocycles. The van der Waals surface area contributed by atoms with Gasteiger partial charge in [0.1, 0.15) is 0 Å². The summed E-state index contributed by atoms with van der Waals surface area (Å²) in [5.74, 6) is 0. The van der Waals surface area contributed by atoms with Gasteiger partial charge in [-0.05, 0) is 36.6 Å². The van der Waals surface area contributed by atoms with E-state index in [1.54, 1.807) is 0 Å². The van der Waals surface area contributed by atoms with E-state index in [1.165, 1.54) is 0 Å². The van der Waals surface area contributed by atoms with Crippen LogP contribution in [0.15, 0.2) is 53.4 Å². The molecule has 2 aromatic rings. The molecule has 152 valence electrons. The van der Waals surface area contributed by atoms with Crippen LogP contribution in [0.2, 0.25) is 0 Å². The number of alkyl halides is 3. The molecular weight excluding hydrogens is 393 g/mol. The second-order valence-electron chi connectivity index (χ2n) is 6.86. The topological polar surface area (TPSA) is 81.4 Å². The molecule has 1 heterocycles. The highest BCUT2D eigenvalue weighted by Crippen LogP contribution is 2.39. The lowest BCUT2D eigenvalue weighted by atomic mass is 9.74. The summed E-state index contributed by atoms with van der Waals surface area (Å²) >= 11 is 0. The van der Waals surface area contributed by atoms with Crippen molar-refractivity contribution in [2.45, 2.75) is 29.3 Å². The monoisotopic (exact) mass is 414 g/mol. The molecule has 0 saturated carbocycles. The lowest BCUT2D eigenvalue weighted by Gasteiger charge is -2.38. The molecule has 1 saturated heterocycles. The SMILES string of the molecule is NS(=O)(=O)c1ccc(NCC2(c3ccccc3)CCOCC2)c(C(F)(F)F)c1. The van der Waals surface area contributed by atoms with E-state index in [0.29, 0.717) is 32.1 Å². The minimum Gasteiger partial charge on any atom is -0.384 e. The zero-order valence-electron chi connectivity index (χ0n) is 15.0. The summed E-state index contributed by atoms with van der Waals surface area (Å²) in [5.41, 5.74) is -0.586. The first-order valence-electron chi connectivity index (χ1n) is 8.73. The van der Waals surface area contributed by atoms with Gasteiger partial charge in [0.25, 0.3) is 0 Å². The molecule has 1 aliphatic rings. The first kappa shape index (κ1) is 20.6. The predicted octanol–water partition coefficient (Wildman–Crippen LogP) is 3.51. The van der Waals surface area contributed by atoms with E-state index in [9.17, 15) is 21.6 Å². The van der Waals surface area contributed by atoms with E-state index in [-0.39, 0.29) is 17.6 Å². The Bertz CT molecular complexity index is 925. The standard InChI is InChI=1S/C19H21F3N2O3S/c20-19(21,22)16-12-15(28(23,25)26)6-7-17(16)24-13-18(8-10-27-11-9-18)14-4-2-1-3-5-14/h1-7,12,24H,8-11,13H2,(H2,23,25,26). The number of primary sulfonamides is 1. The molecule has 0 amide bonds. The van der Waals surface area contributed by atoms with Gasteiger partial charge in [0, 0.05) is 30.9 Å². The van der Waals surface area contributed by atoms with Crippen LogP contribution in [-0.4, -0.2) is 28.2 Å². The number of halogens is 3. The highest BCUT2D eigenvalue weighted by Gasteiger charge is 2.37. The molecule has 2 aromatic carbocycles. The molecule has 3 rings (SSSR count). The van der Waals surface area contributed by atoms with E-state index in [2.05, 4.69) is 5.32 Å². The maximum absolute atomic E-state index is 13.5. The van der Waals surface area contributed by atoms with Gasteiger partial charge < -0.3 is 10.1 Å². The molecular formula is C19H21F3N2O3S. The van der Waals surface area contributed by atoms with Crippen molar-refractivity contribution in [1.82, 2.24) is 0 Å². The highest BCUT2D eigenvalue weighted by atomic mass is 32.2. The summed E-state index contributed by atoms with van der Waals surface area (Å²) in [6.45, 7) is 1.30. The average Bonchev–Trinajstić information content (AvgIpc) is 2.66. The van der Waals surface area contributed by atoms with Crippen LogP contribution in [0, 0.1) is 0 Å². The third-order valence-electron chi connectivity index (χ3n) is 5.08. The molecule has 5 nitrogen and oxygen atoms in total. The molecule has 0 aromatic heterocycles. The Balaban J connectivity index is 1.94. The lowest BCUT2D eigenvalue weighted by molar-refractivity contribution is -0.137. The Morgan fingerprint density at radius 1 is 1.07 bits per heavy atom.